The average molecular weight is 306 g/mol. The Balaban J connectivity index is 2.21. The van der Waals surface area contributed by atoms with Crippen LogP contribution in [0.15, 0.2) is 29.1 Å². The maximum Gasteiger partial charge on any atom is 0.261 e. The van der Waals surface area contributed by atoms with Crippen molar-refractivity contribution in [1.82, 2.24) is 14.5 Å². The molecule has 0 amide bonds. The Labute approximate surface area is 129 Å². The molecule has 112 valence electrons. The summed E-state index contributed by atoms with van der Waals surface area (Å²) in [6.07, 6.45) is 2.09. The van der Waals surface area contributed by atoms with Crippen LogP contribution in [0.25, 0.3) is 10.9 Å². The number of likely N-dealkylation sites (N-methyl/N-ethyl adjacent to an activating group) is 1. The summed E-state index contributed by atoms with van der Waals surface area (Å²) in [6.45, 7) is 3.83. The van der Waals surface area contributed by atoms with Crippen molar-refractivity contribution in [2.24, 2.45) is 0 Å². The standard InChI is InChI=1S/C16H20ClN3O/c1-11(17)15-18-14-8-4-3-7-13(14)16(21)20(15)12-6-5-9-19(2)10-12/h3-4,7-8,11-12H,5-6,9-10H2,1-2H3. The number of benzene rings is 1. The summed E-state index contributed by atoms with van der Waals surface area (Å²) < 4.78 is 1.83. The predicted molar refractivity (Wildman–Crippen MR) is 86.0 cm³/mol. The third-order valence-corrected chi connectivity index (χ3v) is 4.35. The molecule has 1 fully saturated rings. The minimum atomic E-state index is -0.283. The number of hydrogen-bond donors (Lipinski definition) is 0. The molecule has 2 heterocycles. The van der Waals surface area contributed by atoms with Crippen molar-refractivity contribution in [3.8, 4) is 0 Å². The zero-order chi connectivity index (χ0) is 15.0. The fourth-order valence-electron chi connectivity index (χ4n) is 3.15. The highest BCUT2D eigenvalue weighted by molar-refractivity contribution is 6.20. The summed E-state index contributed by atoms with van der Waals surface area (Å²) in [5.74, 6) is 0.681. The summed E-state index contributed by atoms with van der Waals surface area (Å²) in [5, 5.41) is 0.390. The van der Waals surface area contributed by atoms with Crippen LogP contribution >= 0.6 is 11.6 Å². The highest BCUT2D eigenvalue weighted by Gasteiger charge is 2.25. The smallest absolute Gasteiger partial charge is 0.261 e. The van der Waals surface area contributed by atoms with E-state index in [0.29, 0.717) is 11.2 Å². The van der Waals surface area contributed by atoms with Gasteiger partial charge in [-0.05, 0) is 45.5 Å². The zero-order valence-corrected chi connectivity index (χ0v) is 13.2. The van der Waals surface area contributed by atoms with E-state index in [2.05, 4.69) is 16.9 Å². The second-order valence-corrected chi connectivity index (χ2v) is 6.49. The first-order valence-electron chi connectivity index (χ1n) is 7.41. The molecule has 1 aromatic carbocycles. The molecule has 0 spiro atoms. The second kappa shape index (κ2) is 5.78. The summed E-state index contributed by atoms with van der Waals surface area (Å²) in [4.78, 5) is 19.8. The monoisotopic (exact) mass is 305 g/mol. The Morgan fingerprint density at radius 2 is 2.14 bits per heavy atom. The van der Waals surface area contributed by atoms with Gasteiger partial charge in [-0.1, -0.05) is 12.1 Å². The molecule has 2 atom stereocenters. The first-order chi connectivity index (χ1) is 10.1. The number of likely N-dealkylation sites (tertiary alicyclic amines) is 1. The molecule has 4 nitrogen and oxygen atoms in total. The summed E-state index contributed by atoms with van der Waals surface area (Å²) in [5.41, 5.74) is 0.758. The van der Waals surface area contributed by atoms with Gasteiger partial charge in [0.05, 0.1) is 22.3 Å². The third kappa shape index (κ3) is 2.70. The van der Waals surface area contributed by atoms with Crippen LogP contribution in [0.2, 0.25) is 0 Å². The molecular weight excluding hydrogens is 286 g/mol. The first-order valence-corrected chi connectivity index (χ1v) is 7.85. The molecule has 0 saturated carbocycles. The number of rotatable bonds is 2. The molecule has 1 aromatic heterocycles. The fourth-order valence-corrected chi connectivity index (χ4v) is 3.30. The third-order valence-electron chi connectivity index (χ3n) is 4.16. The molecule has 0 bridgehead atoms. The van der Waals surface area contributed by atoms with E-state index in [-0.39, 0.29) is 17.0 Å². The molecular formula is C16H20ClN3O. The van der Waals surface area contributed by atoms with E-state index in [1.807, 2.05) is 35.8 Å². The van der Waals surface area contributed by atoms with Crippen molar-refractivity contribution >= 4 is 22.5 Å². The molecule has 1 aliphatic rings. The van der Waals surface area contributed by atoms with E-state index in [1.54, 1.807) is 0 Å². The number of alkyl halides is 1. The van der Waals surface area contributed by atoms with Crippen molar-refractivity contribution in [1.29, 1.82) is 0 Å². The Bertz CT molecular complexity index is 710. The highest BCUT2D eigenvalue weighted by atomic mass is 35.5. The van der Waals surface area contributed by atoms with E-state index in [0.717, 1.165) is 31.4 Å². The number of piperidine rings is 1. The molecule has 3 rings (SSSR count). The normalized spacial score (nSPS) is 21.6. The molecule has 0 aliphatic carbocycles. The van der Waals surface area contributed by atoms with E-state index >= 15 is 0 Å². The first kappa shape index (κ1) is 14.5. The minimum Gasteiger partial charge on any atom is -0.304 e. The fraction of sp³-hybridized carbons (Fsp3) is 0.500. The van der Waals surface area contributed by atoms with Gasteiger partial charge in [0.1, 0.15) is 5.82 Å². The van der Waals surface area contributed by atoms with Gasteiger partial charge in [-0.15, -0.1) is 11.6 Å². The van der Waals surface area contributed by atoms with Crippen LogP contribution in [0.1, 0.15) is 37.0 Å². The van der Waals surface area contributed by atoms with Crippen LogP contribution in [-0.2, 0) is 0 Å². The van der Waals surface area contributed by atoms with Crippen molar-refractivity contribution in [3.05, 3.63) is 40.4 Å². The van der Waals surface area contributed by atoms with Crippen LogP contribution in [0, 0.1) is 0 Å². The van der Waals surface area contributed by atoms with Gasteiger partial charge in [0.15, 0.2) is 0 Å². The van der Waals surface area contributed by atoms with Crippen molar-refractivity contribution < 1.29 is 0 Å². The summed E-state index contributed by atoms with van der Waals surface area (Å²) >= 11 is 6.30. The van der Waals surface area contributed by atoms with Crippen molar-refractivity contribution in [3.63, 3.8) is 0 Å². The maximum absolute atomic E-state index is 12.9. The van der Waals surface area contributed by atoms with E-state index < -0.39 is 0 Å². The van der Waals surface area contributed by atoms with E-state index in [1.165, 1.54) is 0 Å². The van der Waals surface area contributed by atoms with Gasteiger partial charge in [0, 0.05) is 6.54 Å². The van der Waals surface area contributed by atoms with Crippen LogP contribution in [-0.4, -0.2) is 34.6 Å². The molecule has 1 saturated heterocycles. The lowest BCUT2D eigenvalue weighted by molar-refractivity contribution is 0.206. The Hall–Kier alpha value is -1.39. The van der Waals surface area contributed by atoms with Crippen molar-refractivity contribution in [2.45, 2.75) is 31.2 Å². The number of fused-ring (bicyclic) bond motifs is 1. The summed E-state index contributed by atoms with van der Waals surface area (Å²) in [6, 6.07) is 7.65. The van der Waals surface area contributed by atoms with Crippen molar-refractivity contribution in [2.75, 3.05) is 20.1 Å². The number of hydrogen-bond acceptors (Lipinski definition) is 3. The van der Waals surface area contributed by atoms with Crippen LogP contribution in [0.4, 0.5) is 0 Å². The quantitative estimate of drug-likeness (QED) is 0.801. The molecule has 5 heteroatoms. The van der Waals surface area contributed by atoms with Crippen LogP contribution in [0.5, 0.6) is 0 Å². The number of halogens is 1. The lowest BCUT2D eigenvalue weighted by Gasteiger charge is -2.32. The van der Waals surface area contributed by atoms with Gasteiger partial charge in [-0.3, -0.25) is 9.36 Å². The molecule has 2 aromatic rings. The number of nitrogens with zero attached hydrogens (tertiary/aromatic N) is 3. The topological polar surface area (TPSA) is 38.1 Å². The summed E-state index contributed by atoms with van der Waals surface area (Å²) in [7, 11) is 2.09. The Morgan fingerprint density at radius 3 is 2.86 bits per heavy atom. The Morgan fingerprint density at radius 1 is 1.38 bits per heavy atom. The van der Waals surface area contributed by atoms with Gasteiger partial charge >= 0.3 is 0 Å². The number of aromatic nitrogens is 2. The predicted octanol–water partition coefficient (Wildman–Crippen LogP) is 2.96. The van der Waals surface area contributed by atoms with Gasteiger partial charge in [-0.25, -0.2) is 4.98 Å². The zero-order valence-electron chi connectivity index (χ0n) is 12.4. The van der Waals surface area contributed by atoms with E-state index in [9.17, 15) is 4.79 Å². The van der Waals surface area contributed by atoms with Crippen LogP contribution in [0.3, 0.4) is 0 Å². The molecule has 1 aliphatic heterocycles. The SMILES string of the molecule is CC(Cl)c1nc2ccccc2c(=O)n1C1CCCN(C)C1. The van der Waals surface area contributed by atoms with Gasteiger partial charge in [-0.2, -0.15) is 0 Å². The number of para-hydroxylation sites is 1. The van der Waals surface area contributed by atoms with Crippen LogP contribution < -0.4 is 5.56 Å². The lowest BCUT2D eigenvalue weighted by atomic mass is 10.1. The largest absolute Gasteiger partial charge is 0.304 e. The molecule has 21 heavy (non-hydrogen) atoms. The maximum atomic E-state index is 12.9. The molecule has 2 unspecified atom stereocenters. The highest BCUT2D eigenvalue weighted by Crippen LogP contribution is 2.26. The molecule has 0 N–H and O–H groups in total. The van der Waals surface area contributed by atoms with Gasteiger partial charge in [0.25, 0.3) is 5.56 Å². The van der Waals surface area contributed by atoms with Gasteiger partial charge < -0.3 is 4.90 Å². The van der Waals surface area contributed by atoms with Gasteiger partial charge in [0.2, 0.25) is 0 Å². The lowest BCUT2D eigenvalue weighted by Crippen LogP contribution is -2.39. The average Bonchev–Trinajstić information content (AvgIpc) is 2.47. The molecule has 0 radical (unpaired) electrons. The Kier molecular flexibility index (Phi) is 4.00. The van der Waals surface area contributed by atoms with E-state index in [4.69, 9.17) is 11.6 Å². The minimum absolute atomic E-state index is 0.0309. The second-order valence-electron chi connectivity index (χ2n) is 5.84.